The molecule has 6 nitrogen and oxygen atoms in total. The van der Waals surface area contributed by atoms with Crippen LogP contribution >= 0.6 is 39.3 Å². The molecule has 26 heavy (non-hydrogen) atoms. The van der Waals surface area contributed by atoms with Crippen LogP contribution in [0.15, 0.2) is 65.4 Å². The average Bonchev–Trinajstić information content (AvgIpc) is 3.09. The molecule has 1 N–H and O–H groups in total. The Kier molecular flexibility index (Phi) is 5.61. The molecule has 1 heterocycles. The second-order valence-corrected chi connectivity index (χ2v) is 6.65. The lowest BCUT2D eigenvalue weighted by Gasteiger charge is -2.20. The number of anilines is 1. The van der Waals surface area contributed by atoms with E-state index in [9.17, 15) is 9.59 Å². The summed E-state index contributed by atoms with van der Waals surface area (Å²) in [6.07, 6.45) is 3.44. The highest BCUT2D eigenvalue weighted by Crippen LogP contribution is 2.24. The summed E-state index contributed by atoms with van der Waals surface area (Å²) in [5.74, 6) is -0.594. The van der Waals surface area contributed by atoms with Crippen LogP contribution in [0.1, 0.15) is 10.4 Å². The Morgan fingerprint density at radius 1 is 1.12 bits per heavy atom. The highest BCUT2D eigenvalue weighted by atomic mass is 79.9. The van der Waals surface area contributed by atoms with E-state index in [0.717, 1.165) is 15.1 Å². The molecule has 0 aliphatic heterocycles. The number of nitrogens with zero attached hydrogens (tertiary/aromatic N) is 3. The van der Waals surface area contributed by atoms with Crippen molar-refractivity contribution in [3.63, 3.8) is 0 Å². The number of urea groups is 1. The highest BCUT2D eigenvalue weighted by Gasteiger charge is 2.26. The Hall–Kier alpha value is -2.35. The third-order valence-electron chi connectivity index (χ3n) is 3.51. The van der Waals surface area contributed by atoms with Gasteiger partial charge < -0.3 is 0 Å². The van der Waals surface area contributed by atoms with Gasteiger partial charge in [0.1, 0.15) is 0 Å². The SMILES string of the molecule is O=C(NCl)N(C(=O)c1ccccc1Cl)c1ccc(-n2cc(Br)cn2)cc1. The molecule has 0 atom stereocenters. The molecule has 0 saturated heterocycles. The first-order valence-corrected chi connectivity index (χ1v) is 8.86. The summed E-state index contributed by atoms with van der Waals surface area (Å²) in [6.45, 7) is 0. The zero-order valence-corrected chi connectivity index (χ0v) is 16.2. The summed E-state index contributed by atoms with van der Waals surface area (Å²) < 4.78 is 2.48. The molecule has 0 radical (unpaired) electrons. The van der Waals surface area contributed by atoms with Crippen molar-refractivity contribution >= 4 is 56.9 Å². The van der Waals surface area contributed by atoms with E-state index < -0.39 is 11.9 Å². The summed E-state index contributed by atoms with van der Waals surface area (Å²) in [7, 11) is 0. The molecule has 1 aromatic heterocycles. The lowest BCUT2D eigenvalue weighted by atomic mass is 10.1. The van der Waals surface area contributed by atoms with E-state index in [1.165, 1.54) is 6.07 Å². The fraction of sp³-hybridized carbons (Fsp3) is 0. The molecule has 0 spiro atoms. The number of carbonyl (C=O) groups is 2. The summed E-state index contributed by atoms with van der Waals surface area (Å²) in [5, 5.41) is 4.42. The zero-order valence-electron chi connectivity index (χ0n) is 13.1. The second-order valence-electron chi connectivity index (χ2n) is 5.14. The number of benzene rings is 2. The molecule has 3 rings (SSSR count). The Balaban J connectivity index is 1.97. The van der Waals surface area contributed by atoms with Crippen LogP contribution in [-0.2, 0) is 0 Å². The molecule has 0 saturated carbocycles. The fourth-order valence-corrected chi connectivity index (χ4v) is 2.91. The second kappa shape index (κ2) is 7.90. The van der Waals surface area contributed by atoms with Crippen LogP contribution in [0.5, 0.6) is 0 Å². The van der Waals surface area contributed by atoms with Crippen molar-refractivity contribution in [2.75, 3.05) is 4.90 Å². The Labute approximate surface area is 167 Å². The molecule has 132 valence electrons. The van der Waals surface area contributed by atoms with Crippen molar-refractivity contribution in [1.29, 1.82) is 0 Å². The molecule has 0 unspecified atom stereocenters. The molecular weight excluding hydrogens is 443 g/mol. The number of nitrogens with one attached hydrogen (secondary N) is 1. The fourth-order valence-electron chi connectivity index (χ4n) is 2.32. The van der Waals surface area contributed by atoms with E-state index in [1.54, 1.807) is 59.5 Å². The lowest BCUT2D eigenvalue weighted by molar-refractivity contribution is 0.0995. The van der Waals surface area contributed by atoms with Gasteiger partial charge in [-0.1, -0.05) is 23.7 Å². The van der Waals surface area contributed by atoms with Gasteiger partial charge in [0.15, 0.2) is 0 Å². The number of aromatic nitrogens is 2. The summed E-state index contributed by atoms with van der Waals surface area (Å²) in [4.78, 5) is 27.9. The van der Waals surface area contributed by atoms with Gasteiger partial charge in [-0.25, -0.2) is 19.2 Å². The van der Waals surface area contributed by atoms with Crippen LogP contribution in [-0.4, -0.2) is 21.7 Å². The molecule has 9 heteroatoms. The van der Waals surface area contributed by atoms with Crippen molar-refractivity contribution in [3.8, 4) is 5.69 Å². The third-order valence-corrected chi connectivity index (χ3v) is 4.42. The Bertz CT molecular complexity index is 959. The largest absolute Gasteiger partial charge is 0.343 e. The summed E-state index contributed by atoms with van der Waals surface area (Å²) in [5.41, 5.74) is 1.29. The summed E-state index contributed by atoms with van der Waals surface area (Å²) in [6, 6.07) is 12.4. The van der Waals surface area contributed by atoms with Crippen molar-refractivity contribution in [2.24, 2.45) is 0 Å². The normalized spacial score (nSPS) is 10.4. The minimum absolute atomic E-state index is 0.189. The van der Waals surface area contributed by atoms with Gasteiger partial charge in [0.05, 0.1) is 32.6 Å². The van der Waals surface area contributed by atoms with Crippen LogP contribution in [0, 0.1) is 0 Å². The van der Waals surface area contributed by atoms with Gasteiger partial charge in [0, 0.05) is 18.0 Å². The van der Waals surface area contributed by atoms with E-state index in [2.05, 4.69) is 21.0 Å². The number of imide groups is 1. The van der Waals surface area contributed by atoms with Crippen molar-refractivity contribution in [1.82, 2.24) is 14.6 Å². The van der Waals surface area contributed by atoms with E-state index in [-0.39, 0.29) is 10.6 Å². The smallest absolute Gasteiger partial charge is 0.268 e. The molecule has 3 aromatic rings. The van der Waals surface area contributed by atoms with Gasteiger partial charge in [-0.05, 0) is 52.3 Å². The predicted molar refractivity (Wildman–Crippen MR) is 104 cm³/mol. The number of carbonyl (C=O) groups excluding carboxylic acids is 2. The quantitative estimate of drug-likeness (QED) is 0.579. The van der Waals surface area contributed by atoms with Gasteiger partial charge in [0.2, 0.25) is 0 Å². The molecule has 0 aliphatic rings. The Morgan fingerprint density at radius 3 is 2.38 bits per heavy atom. The number of rotatable bonds is 3. The van der Waals surface area contributed by atoms with E-state index in [4.69, 9.17) is 23.4 Å². The van der Waals surface area contributed by atoms with Gasteiger partial charge >= 0.3 is 6.03 Å². The zero-order chi connectivity index (χ0) is 18.7. The van der Waals surface area contributed by atoms with Crippen LogP contribution in [0.2, 0.25) is 5.02 Å². The maximum atomic E-state index is 12.8. The molecule has 0 fully saturated rings. The van der Waals surface area contributed by atoms with Crippen molar-refractivity contribution < 1.29 is 9.59 Å². The first-order valence-electron chi connectivity index (χ1n) is 7.31. The van der Waals surface area contributed by atoms with Crippen LogP contribution in [0.3, 0.4) is 0 Å². The maximum absolute atomic E-state index is 12.8. The van der Waals surface area contributed by atoms with Crippen LogP contribution < -0.4 is 9.74 Å². The van der Waals surface area contributed by atoms with Crippen LogP contribution in [0.4, 0.5) is 10.5 Å². The molecule has 0 aliphatic carbocycles. The average molecular weight is 454 g/mol. The minimum Gasteiger partial charge on any atom is -0.268 e. The van der Waals surface area contributed by atoms with E-state index in [1.807, 2.05) is 4.84 Å². The lowest BCUT2D eigenvalue weighted by Crippen LogP contribution is -2.41. The standard InChI is InChI=1S/C17H11BrCl2N4O2/c18-11-9-21-23(10-11)12-5-7-13(8-6-12)24(17(26)22-20)16(25)14-3-1-2-4-15(14)19/h1-10H,(H,22,26). The van der Waals surface area contributed by atoms with E-state index >= 15 is 0 Å². The maximum Gasteiger partial charge on any atom is 0.343 e. The molecule has 3 amide bonds. The van der Waals surface area contributed by atoms with Crippen LogP contribution in [0.25, 0.3) is 5.69 Å². The van der Waals surface area contributed by atoms with Crippen molar-refractivity contribution in [3.05, 3.63) is 76.0 Å². The molecule has 0 bridgehead atoms. The Morgan fingerprint density at radius 2 is 1.81 bits per heavy atom. The molecular formula is C17H11BrCl2N4O2. The topological polar surface area (TPSA) is 67.2 Å². The first kappa shape index (κ1) is 18.4. The van der Waals surface area contributed by atoms with Gasteiger partial charge in [-0.15, -0.1) is 0 Å². The van der Waals surface area contributed by atoms with Gasteiger partial charge in [0.25, 0.3) is 5.91 Å². The highest BCUT2D eigenvalue weighted by molar-refractivity contribution is 9.10. The number of halogens is 3. The number of hydrogen-bond acceptors (Lipinski definition) is 3. The number of hydrogen-bond donors (Lipinski definition) is 1. The third kappa shape index (κ3) is 3.75. The van der Waals surface area contributed by atoms with Gasteiger partial charge in [-0.3, -0.25) is 4.79 Å². The monoisotopic (exact) mass is 452 g/mol. The summed E-state index contributed by atoms with van der Waals surface area (Å²) >= 11 is 14.9. The van der Waals surface area contributed by atoms with Gasteiger partial charge in [-0.2, -0.15) is 5.10 Å². The van der Waals surface area contributed by atoms with E-state index in [0.29, 0.717) is 5.69 Å². The van der Waals surface area contributed by atoms with Crippen molar-refractivity contribution in [2.45, 2.75) is 0 Å². The minimum atomic E-state index is -0.786. The predicted octanol–water partition coefficient (Wildman–Crippen LogP) is 4.80. The first-order chi connectivity index (χ1) is 12.5. The number of amides is 3. The molecule has 2 aromatic carbocycles.